The molecule has 0 aliphatic carbocycles. The molecule has 1 fully saturated rings. The number of nitrogens with zero attached hydrogens (tertiary/aromatic N) is 1. The Morgan fingerprint density at radius 2 is 2.00 bits per heavy atom. The van der Waals surface area contributed by atoms with Crippen molar-refractivity contribution in [3.8, 4) is 0 Å². The van der Waals surface area contributed by atoms with Gasteiger partial charge in [-0.3, -0.25) is 9.59 Å². The Morgan fingerprint density at radius 1 is 1.33 bits per heavy atom. The lowest BCUT2D eigenvalue weighted by Crippen LogP contribution is -2.40. The second-order valence-corrected chi connectivity index (χ2v) is 6.33. The summed E-state index contributed by atoms with van der Waals surface area (Å²) < 4.78 is 5.80. The molecule has 114 valence electrons. The van der Waals surface area contributed by atoms with Crippen molar-refractivity contribution >= 4 is 39.4 Å². The summed E-state index contributed by atoms with van der Waals surface area (Å²) in [6, 6.07) is 5.16. The molecule has 0 atom stereocenters. The Kier molecular flexibility index (Phi) is 5.65. The van der Waals surface area contributed by atoms with Crippen molar-refractivity contribution in [2.24, 2.45) is 5.92 Å². The maximum atomic E-state index is 12.4. The van der Waals surface area contributed by atoms with E-state index in [9.17, 15) is 9.59 Å². The van der Waals surface area contributed by atoms with E-state index in [1.165, 1.54) is 0 Å². The van der Waals surface area contributed by atoms with E-state index in [0.29, 0.717) is 43.1 Å². The number of ether oxygens (including phenoxy) is 1. The minimum atomic E-state index is -0.157. The molecule has 1 aromatic rings. The predicted octanol–water partition coefficient (Wildman–Crippen LogP) is 3.52. The quantitative estimate of drug-likeness (QED) is 0.761. The number of halogens is 2. The molecule has 0 bridgehead atoms. The summed E-state index contributed by atoms with van der Waals surface area (Å²) in [6.07, 6.45) is 1.29. The van der Waals surface area contributed by atoms with Crippen LogP contribution in [0.3, 0.4) is 0 Å². The van der Waals surface area contributed by atoms with Crippen molar-refractivity contribution in [2.75, 3.05) is 19.7 Å². The topological polar surface area (TPSA) is 46.6 Å². The molecular weight excluding hydrogens is 358 g/mol. The number of hydrogen-bond donors (Lipinski definition) is 0. The molecule has 2 rings (SSSR count). The lowest BCUT2D eigenvalue weighted by atomic mass is 9.96. The first-order valence-electron chi connectivity index (χ1n) is 6.93. The number of likely N-dealkylation sites (tertiary alicyclic amines) is 1. The van der Waals surface area contributed by atoms with Crippen LogP contribution in [0.5, 0.6) is 0 Å². The molecular formula is C15H17BrClNO3. The van der Waals surface area contributed by atoms with Crippen molar-refractivity contribution in [3.05, 3.63) is 33.3 Å². The second kappa shape index (κ2) is 7.27. The summed E-state index contributed by atoms with van der Waals surface area (Å²) in [5, 5.41) is 0.522. The van der Waals surface area contributed by atoms with Gasteiger partial charge in [-0.15, -0.1) is 0 Å². The highest BCUT2D eigenvalue weighted by Gasteiger charge is 2.28. The van der Waals surface area contributed by atoms with Gasteiger partial charge in [0.1, 0.15) is 0 Å². The Morgan fingerprint density at radius 3 is 2.57 bits per heavy atom. The first kappa shape index (κ1) is 16.3. The van der Waals surface area contributed by atoms with E-state index >= 15 is 0 Å². The van der Waals surface area contributed by atoms with Crippen molar-refractivity contribution in [2.45, 2.75) is 19.8 Å². The number of esters is 1. The lowest BCUT2D eigenvalue weighted by molar-refractivity contribution is -0.149. The second-order valence-electron chi connectivity index (χ2n) is 4.98. The van der Waals surface area contributed by atoms with Crippen molar-refractivity contribution < 1.29 is 14.3 Å². The summed E-state index contributed by atoms with van der Waals surface area (Å²) in [5.74, 6) is -0.310. The molecule has 1 aromatic carbocycles. The maximum absolute atomic E-state index is 12.4. The lowest BCUT2D eigenvalue weighted by Gasteiger charge is -2.31. The van der Waals surface area contributed by atoms with Crippen molar-refractivity contribution in [3.63, 3.8) is 0 Å². The summed E-state index contributed by atoms with van der Waals surface area (Å²) in [7, 11) is 0. The third-order valence-corrected chi connectivity index (χ3v) is 4.19. The van der Waals surface area contributed by atoms with Crippen LogP contribution in [0, 0.1) is 5.92 Å². The van der Waals surface area contributed by atoms with Gasteiger partial charge >= 0.3 is 5.97 Å². The van der Waals surface area contributed by atoms with Crippen LogP contribution in [0.2, 0.25) is 5.02 Å². The molecule has 0 radical (unpaired) electrons. The first-order chi connectivity index (χ1) is 10.0. The third-order valence-electron chi connectivity index (χ3n) is 3.51. The van der Waals surface area contributed by atoms with Gasteiger partial charge in [0.05, 0.1) is 12.5 Å². The van der Waals surface area contributed by atoms with E-state index < -0.39 is 0 Å². The van der Waals surface area contributed by atoms with Gasteiger partial charge in [0.15, 0.2) is 0 Å². The van der Waals surface area contributed by atoms with Crippen LogP contribution in [-0.4, -0.2) is 36.5 Å². The number of carbonyl (C=O) groups excluding carboxylic acids is 2. The van der Waals surface area contributed by atoms with Crippen LogP contribution < -0.4 is 0 Å². The summed E-state index contributed by atoms with van der Waals surface area (Å²) >= 11 is 9.31. The summed E-state index contributed by atoms with van der Waals surface area (Å²) in [5.41, 5.74) is 0.559. The molecule has 0 spiro atoms. The fourth-order valence-electron chi connectivity index (χ4n) is 2.44. The Balaban J connectivity index is 1.98. The minimum absolute atomic E-state index is 0.0551. The van der Waals surface area contributed by atoms with Crippen LogP contribution in [-0.2, 0) is 9.53 Å². The number of hydrogen-bond acceptors (Lipinski definition) is 3. The Bertz CT molecular complexity index is 521. The first-order valence-corrected chi connectivity index (χ1v) is 8.10. The van der Waals surface area contributed by atoms with Crippen molar-refractivity contribution in [1.82, 2.24) is 4.90 Å². The number of benzene rings is 1. The average Bonchev–Trinajstić information content (AvgIpc) is 2.46. The van der Waals surface area contributed by atoms with E-state index in [-0.39, 0.29) is 17.8 Å². The van der Waals surface area contributed by atoms with Crippen LogP contribution in [0.25, 0.3) is 0 Å². The Hall–Kier alpha value is -1.07. The predicted molar refractivity (Wildman–Crippen MR) is 84.4 cm³/mol. The molecule has 6 heteroatoms. The monoisotopic (exact) mass is 373 g/mol. The fourth-order valence-corrected chi connectivity index (χ4v) is 3.30. The SMILES string of the molecule is CCOC(=O)C1CCN(C(=O)c2cc(Cl)cc(Br)c2)CC1. The van der Waals surface area contributed by atoms with E-state index in [0.717, 1.165) is 4.47 Å². The van der Waals surface area contributed by atoms with E-state index in [4.69, 9.17) is 16.3 Å². The molecule has 0 saturated carbocycles. The van der Waals surface area contributed by atoms with Gasteiger partial charge in [0.2, 0.25) is 0 Å². The largest absolute Gasteiger partial charge is 0.466 e. The summed E-state index contributed by atoms with van der Waals surface area (Å²) in [4.78, 5) is 25.9. The van der Waals surface area contributed by atoms with Crippen molar-refractivity contribution in [1.29, 1.82) is 0 Å². The average molecular weight is 375 g/mol. The highest BCUT2D eigenvalue weighted by Crippen LogP contribution is 2.24. The molecule has 1 heterocycles. The normalized spacial score (nSPS) is 15.9. The number of carbonyl (C=O) groups is 2. The zero-order valence-corrected chi connectivity index (χ0v) is 14.1. The van der Waals surface area contributed by atoms with Gasteiger partial charge < -0.3 is 9.64 Å². The number of piperidine rings is 1. The molecule has 1 saturated heterocycles. The molecule has 21 heavy (non-hydrogen) atoms. The number of rotatable bonds is 3. The standard InChI is InChI=1S/C15H17BrClNO3/c1-2-21-15(20)10-3-5-18(6-4-10)14(19)11-7-12(16)9-13(17)8-11/h7-10H,2-6H2,1H3. The van der Waals surface area contributed by atoms with Crippen LogP contribution in [0.4, 0.5) is 0 Å². The van der Waals surface area contributed by atoms with E-state index in [2.05, 4.69) is 15.9 Å². The molecule has 0 unspecified atom stereocenters. The zero-order chi connectivity index (χ0) is 15.4. The van der Waals surface area contributed by atoms with Gasteiger partial charge in [0, 0.05) is 28.1 Å². The maximum Gasteiger partial charge on any atom is 0.309 e. The van der Waals surface area contributed by atoms with Gasteiger partial charge in [-0.1, -0.05) is 27.5 Å². The molecule has 1 amide bonds. The molecule has 0 aromatic heterocycles. The molecule has 1 aliphatic heterocycles. The third kappa shape index (κ3) is 4.20. The van der Waals surface area contributed by atoms with Gasteiger partial charge in [-0.2, -0.15) is 0 Å². The van der Waals surface area contributed by atoms with Gasteiger partial charge in [0.25, 0.3) is 5.91 Å². The van der Waals surface area contributed by atoms with E-state index in [1.807, 2.05) is 0 Å². The number of amides is 1. The highest BCUT2D eigenvalue weighted by molar-refractivity contribution is 9.10. The fraction of sp³-hybridized carbons (Fsp3) is 0.467. The summed E-state index contributed by atoms with van der Waals surface area (Å²) in [6.45, 7) is 3.32. The minimum Gasteiger partial charge on any atom is -0.466 e. The smallest absolute Gasteiger partial charge is 0.309 e. The Labute approximate surface area is 137 Å². The molecule has 4 nitrogen and oxygen atoms in total. The van der Waals surface area contributed by atoms with E-state index in [1.54, 1.807) is 30.0 Å². The van der Waals surface area contributed by atoms with Crippen LogP contribution >= 0.6 is 27.5 Å². The zero-order valence-electron chi connectivity index (χ0n) is 11.8. The molecule has 1 aliphatic rings. The highest BCUT2D eigenvalue weighted by atomic mass is 79.9. The van der Waals surface area contributed by atoms with Crippen LogP contribution in [0.15, 0.2) is 22.7 Å². The van der Waals surface area contributed by atoms with Crippen LogP contribution in [0.1, 0.15) is 30.1 Å². The molecule has 0 N–H and O–H groups in total. The van der Waals surface area contributed by atoms with Gasteiger partial charge in [-0.25, -0.2) is 0 Å². The van der Waals surface area contributed by atoms with Gasteiger partial charge in [-0.05, 0) is 38.0 Å².